The Bertz CT molecular complexity index is 706. The summed E-state index contributed by atoms with van der Waals surface area (Å²) >= 11 is 0. The van der Waals surface area contributed by atoms with Crippen molar-refractivity contribution in [2.24, 2.45) is 46.3 Å². The van der Waals surface area contributed by atoms with Gasteiger partial charge in [-0.3, -0.25) is 0 Å². The molecule has 4 aliphatic rings. The van der Waals surface area contributed by atoms with E-state index in [9.17, 15) is 0 Å². The first-order valence-corrected chi connectivity index (χ1v) is 14.1. The molecule has 0 aliphatic heterocycles. The Morgan fingerprint density at radius 1 is 0.903 bits per heavy atom. The van der Waals surface area contributed by atoms with E-state index in [0.29, 0.717) is 10.8 Å². The van der Waals surface area contributed by atoms with Gasteiger partial charge in [0.25, 0.3) is 0 Å². The minimum atomic E-state index is 0.464. The van der Waals surface area contributed by atoms with Gasteiger partial charge in [0.05, 0.1) is 0 Å². The van der Waals surface area contributed by atoms with Gasteiger partial charge in [-0.2, -0.15) is 0 Å². The van der Waals surface area contributed by atoms with Gasteiger partial charge in [-0.25, -0.2) is 0 Å². The Labute approximate surface area is 194 Å². The normalized spacial score (nSPS) is 38.7. The van der Waals surface area contributed by atoms with Crippen LogP contribution in [-0.2, 0) is 0 Å². The van der Waals surface area contributed by atoms with Crippen LogP contribution in [-0.4, -0.2) is 0 Å². The Kier molecular flexibility index (Phi) is 6.88. The summed E-state index contributed by atoms with van der Waals surface area (Å²) in [5.74, 6) is 5.40. The Morgan fingerprint density at radius 3 is 2.39 bits per heavy atom. The van der Waals surface area contributed by atoms with Gasteiger partial charge >= 0.3 is 0 Å². The van der Waals surface area contributed by atoms with E-state index < -0.39 is 0 Å². The van der Waals surface area contributed by atoms with E-state index in [-0.39, 0.29) is 0 Å². The standard InChI is InChI=1S/C31H52/c1-21(2)10-8-11-23(5)26-15-16-28-25-13-14-27-24(20-22(3)4)12-9-18-30(27,6)29(25)17-19-31(26,28)7/h16,21-24,26-27H,8-15,17-20H2,1-7H3/t23-,24?,26-,27?,30+,31-/m1/s1. The van der Waals surface area contributed by atoms with Crippen LogP contribution >= 0.6 is 0 Å². The zero-order chi connectivity index (χ0) is 22.4. The molecule has 0 amide bonds. The monoisotopic (exact) mass is 424 g/mol. The van der Waals surface area contributed by atoms with Crippen molar-refractivity contribution in [3.8, 4) is 0 Å². The minimum absolute atomic E-state index is 0.464. The molecule has 6 atom stereocenters. The van der Waals surface area contributed by atoms with Gasteiger partial charge in [0.15, 0.2) is 0 Å². The largest absolute Gasteiger partial charge is 0.0802 e. The van der Waals surface area contributed by atoms with Crippen molar-refractivity contribution >= 4 is 0 Å². The summed E-state index contributed by atoms with van der Waals surface area (Å²) in [5.41, 5.74) is 6.61. The van der Waals surface area contributed by atoms with Crippen LogP contribution in [0.1, 0.15) is 126 Å². The second kappa shape index (κ2) is 9.02. The van der Waals surface area contributed by atoms with Gasteiger partial charge in [0, 0.05) is 0 Å². The highest BCUT2D eigenvalue weighted by molar-refractivity contribution is 5.49. The molecule has 0 bridgehead atoms. The molecular weight excluding hydrogens is 372 g/mol. The van der Waals surface area contributed by atoms with E-state index in [0.717, 1.165) is 35.5 Å². The van der Waals surface area contributed by atoms with Crippen molar-refractivity contribution in [2.45, 2.75) is 126 Å². The van der Waals surface area contributed by atoms with Gasteiger partial charge in [0.1, 0.15) is 0 Å². The third-order valence-electron chi connectivity index (χ3n) is 10.5. The van der Waals surface area contributed by atoms with E-state index in [2.05, 4.69) is 54.5 Å². The van der Waals surface area contributed by atoms with Crippen LogP contribution in [0.2, 0.25) is 0 Å². The average molecular weight is 425 g/mol. The lowest BCUT2D eigenvalue weighted by Gasteiger charge is -2.55. The van der Waals surface area contributed by atoms with Crippen molar-refractivity contribution in [2.75, 3.05) is 0 Å². The molecule has 176 valence electrons. The highest BCUT2D eigenvalue weighted by Crippen LogP contribution is 2.65. The molecule has 0 nitrogen and oxygen atoms in total. The van der Waals surface area contributed by atoms with Crippen molar-refractivity contribution in [3.63, 3.8) is 0 Å². The third kappa shape index (κ3) is 4.24. The molecule has 0 N–H and O–H groups in total. The molecule has 0 spiro atoms. The molecule has 0 radical (unpaired) electrons. The molecular formula is C31H52. The summed E-state index contributed by atoms with van der Waals surface area (Å²) in [5, 5.41) is 0. The Balaban J connectivity index is 1.54. The Morgan fingerprint density at radius 2 is 1.68 bits per heavy atom. The summed E-state index contributed by atoms with van der Waals surface area (Å²) in [6.45, 7) is 17.6. The van der Waals surface area contributed by atoms with Crippen LogP contribution in [0.3, 0.4) is 0 Å². The number of allylic oxidation sites excluding steroid dienone is 4. The molecule has 0 aromatic carbocycles. The maximum absolute atomic E-state index is 2.73. The predicted molar refractivity (Wildman–Crippen MR) is 136 cm³/mol. The summed E-state index contributed by atoms with van der Waals surface area (Å²) in [6.07, 6.45) is 19.9. The van der Waals surface area contributed by atoms with Crippen molar-refractivity contribution in [1.82, 2.24) is 0 Å². The topological polar surface area (TPSA) is 0 Å². The molecule has 2 unspecified atom stereocenters. The first-order chi connectivity index (χ1) is 14.7. The van der Waals surface area contributed by atoms with E-state index in [1.165, 1.54) is 77.0 Å². The molecule has 4 rings (SSSR count). The van der Waals surface area contributed by atoms with Crippen LogP contribution in [0, 0.1) is 46.3 Å². The fourth-order valence-corrected chi connectivity index (χ4v) is 9.00. The number of hydrogen-bond donors (Lipinski definition) is 0. The van der Waals surface area contributed by atoms with Gasteiger partial charge in [-0.05, 0) is 102 Å². The maximum Gasteiger partial charge on any atom is -0.00389 e. The lowest BCUT2D eigenvalue weighted by Crippen LogP contribution is -2.45. The molecule has 4 aliphatic carbocycles. The number of rotatable bonds is 7. The van der Waals surface area contributed by atoms with E-state index in [1.807, 2.05) is 16.7 Å². The van der Waals surface area contributed by atoms with Crippen molar-refractivity contribution in [1.29, 1.82) is 0 Å². The summed E-state index contributed by atoms with van der Waals surface area (Å²) < 4.78 is 0. The first kappa shape index (κ1) is 23.6. The second-order valence-electron chi connectivity index (χ2n) is 13.5. The molecule has 0 aromatic heterocycles. The van der Waals surface area contributed by atoms with Crippen LogP contribution in [0.15, 0.2) is 22.8 Å². The van der Waals surface area contributed by atoms with E-state index in [4.69, 9.17) is 0 Å². The van der Waals surface area contributed by atoms with Crippen LogP contribution in [0.5, 0.6) is 0 Å². The molecule has 0 aromatic rings. The second-order valence-corrected chi connectivity index (χ2v) is 13.5. The SMILES string of the molecule is CC(C)CCC[C@@H](C)[C@H]1CC=C2C3=C(CC[C@@]21C)[C@@]1(C)CCCC(CC(C)C)C1CC3. The first-order valence-electron chi connectivity index (χ1n) is 14.1. The van der Waals surface area contributed by atoms with Crippen molar-refractivity contribution < 1.29 is 0 Å². The van der Waals surface area contributed by atoms with E-state index >= 15 is 0 Å². The summed E-state index contributed by atoms with van der Waals surface area (Å²) in [4.78, 5) is 0. The summed E-state index contributed by atoms with van der Waals surface area (Å²) in [6, 6.07) is 0. The molecule has 31 heavy (non-hydrogen) atoms. The Hall–Kier alpha value is -0.520. The lowest BCUT2D eigenvalue weighted by atomic mass is 9.49. The number of hydrogen-bond acceptors (Lipinski definition) is 0. The average Bonchev–Trinajstić information content (AvgIpc) is 3.04. The van der Waals surface area contributed by atoms with E-state index in [1.54, 1.807) is 0 Å². The van der Waals surface area contributed by atoms with Gasteiger partial charge < -0.3 is 0 Å². The van der Waals surface area contributed by atoms with Gasteiger partial charge in [-0.15, -0.1) is 0 Å². The fourth-order valence-electron chi connectivity index (χ4n) is 9.00. The zero-order valence-electron chi connectivity index (χ0n) is 22.0. The number of fused-ring (bicyclic) bond motifs is 4. The molecule has 0 heteroatoms. The molecule has 1 fully saturated rings. The smallest absolute Gasteiger partial charge is 0.00389 e. The van der Waals surface area contributed by atoms with Gasteiger partial charge in [-0.1, -0.05) is 92.2 Å². The van der Waals surface area contributed by atoms with Crippen LogP contribution < -0.4 is 0 Å². The van der Waals surface area contributed by atoms with Gasteiger partial charge in [0.2, 0.25) is 0 Å². The third-order valence-corrected chi connectivity index (χ3v) is 10.5. The quantitative estimate of drug-likeness (QED) is 0.381. The minimum Gasteiger partial charge on any atom is -0.0802 e. The van der Waals surface area contributed by atoms with Crippen molar-refractivity contribution in [3.05, 3.63) is 22.8 Å². The molecule has 0 saturated heterocycles. The molecule has 0 heterocycles. The predicted octanol–water partition coefficient (Wildman–Crippen LogP) is 9.75. The maximum atomic E-state index is 2.73. The zero-order valence-corrected chi connectivity index (χ0v) is 22.0. The lowest BCUT2D eigenvalue weighted by molar-refractivity contribution is 0.0490. The van der Waals surface area contributed by atoms with Crippen LogP contribution in [0.25, 0.3) is 0 Å². The highest BCUT2D eigenvalue weighted by atomic mass is 14.6. The van der Waals surface area contributed by atoms with Crippen LogP contribution in [0.4, 0.5) is 0 Å². The molecule has 1 saturated carbocycles. The summed E-state index contributed by atoms with van der Waals surface area (Å²) in [7, 11) is 0. The fraction of sp³-hybridized carbons (Fsp3) is 0.871. The highest BCUT2D eigenvalue weighted by Gasteiger charge is 2.53.